The van der Waals surface area contributed by atoms with E-state index >= 15 is 0 Å². The molecule has 1 aromatic carbocycles. The predicted molar refractivity (Wildman–Crippen MR) is 62.3 cm³/mol. The summed E-state index contributed by atoms with van der Waals surface area (Å²) < 4.78 is 5.76. The summed E-state index contributed by atoms with van der Waals surface area (Å²) in [6.07, 6.45) is 2.50. The van der Waals surface area contributed by atoms with Crippen LogP contribution in [0.4, 0.5) is 5.69 Å². The van der Waals surface area contributed by atoms with Crippen LogP contribution in [0.5, 0.6) is 5.75 Å². The van der Waals surface area contributed by atoms with E-state index in [9.17, 15) is 9.59 Å². The van der Waals surface area contributed by atoms with Gasteiger partial charge in [0.05, 0.1) is 17.3 Å². The summed E-state index contributed by atoms with van der Waals surface area (Å²) in [5.74, 6) is -0.0139. The van der Waals surface area contributed by atoms with Gasteiger partial charge in [-0.15, -0.1) is 0 Å². The Morgan fingerprint density at radius 2 is 1.81 bits per heavy atom. The Morgan fingerprint density at radius 3 is 2.31 bits per heavy atom. The first-order valence-electron chi connectivity index (χ1n) is 4.53. The Hall–Kier alpha value is -1.62. The van der Waals surface area contributed by atoms with Crippen LogP contribution in [0.2, 0.25) is 0 Å². The first-order chi connectivity index (χ1) is 7.63. The first kappa shape index (κ1) is 10.9. The molecule has 4 nitrogen and oxygen atoms in total. The molecule has 82 valence electrons. The Kier molecular flexibility index (Phi) is 2.78. The number of hydrogen-bond donors (Lipinski definition) is 0. The van der Waals surface area contributed by atoms with Gasteiger partial charge in [0.25, 0.3) is 11.8 Å². The largest absolute Gasteiger partial charge is 0.496 e. The lowest BCUT2D eigenvalue weighted by molar-refractivity contribution is -0.119. The number of benzene rings is 1. The highest BCUT2D eigenvalue weighted by Crippen LogP contribution is 2.30. The molecule has 0 bridgehead atoms. The van der Waals surface area contributed by atoms with E-state index in [-0.39, 0.29) is 11.8 Å². The molecule has 0 fully saturated rings. The molecule has 0 radical (unpaired) electrons. The van der Waals surface area contributed by atoms with Gasteiger partial charge in [-0.05, 0) is 34.1 Å². The average molecular weight is 282 g/mol. The molecule has 2 amide bonds. The van der Waals surface area contributed by atoms with Crippen molar-refractivity contribution in [3.63, 3.8) is 0 Å². The fourth-order valence-corrected chi connectivity index (χ4v) is 1.98. The summed E-state index contributed by atoms with van der Waals surface area (Å²) in [7, 11) is 1.55. The third-order valence-electron chi connectivity index (χ3n) is 2.20. The molecule has 1 aliphatic rings. The zero-order valence-corrected chi connectivity index (χ0v) is 10.0. The van der Waals surface area contributed by atoms with Crippen LogP contribution in [0, 0.1) is 0 Å². The zero-order chi connectivity index (χ0) is 11.7. The minimum Gasteiger partial charge on any atom is -0.496 e. The molecular weight excluding hydrogens is 274 g/mol. The van der Waals surface area contributed by atoms with Crippen LogP contribution in [0.15, 0.2) is 34.8 Å². The van der Waals surface area contributed by atoms with Crippen molar-refractivity contribution in [3.8, 4) is 5.75 Å². The maximum absolute atomic E-state index is 11.4. The molecule has 0 N–H and O–H groups in total. The quantitative estimate of drug-likeness (QED) is 0.778. The van der Waals surface area contributed by atoms with E-state index in [1.165, 1.54) is 12.2 Å². The number of methoxy groups -OCH3 is 1. The summed E-state index contributed by atoms with van der Waals surface area (Å²) in [5, 5.41) is 0. The van der Waals surface area contributed by atoms with E-state index in [2.05, 4.69) is 15.9 Å². The monoisotopic (exact) mass is 281 g/mol. The Balaban J connectivity index is 2.39. The molecule has 1 aliphatic heterocycles. The molecule has 1 aromatic rings. The molecular formula is C11H8BrNO3. The third-order valence-corrected chi connectivity index (χ3v) is 2.82. The zero-order valence-electron chi connectivity index (χ0n) is 8.44. The van der Waals surface area contributed by atoms with Gasteiger partial charge in [0, 0.05) is 12.2 Å². The highest BCUT2D eigenvalue weighted by atomic mass is 79.9. The predicted octanol–water partition coefficient (Wildman–Crippen LogP) is 1.89. The van der Waals surface area contributed by atoms with Gasteiger partial charge in [-0.1, -0.05) is 0 Å². The van der Waals surface area contributed by atoms with E-state index < -0.39 is 0 Å². The number of amides is 2. The van der Waals surface area contributed by atoms with Gasteiger partial charge >= 0.3 is 0 Å². The molecule has 16 heavy (non-hydrogen) atoms. The van der Waals surface area contributed by atoms with Crippen molar-refractivity contribution in [2.45, 2.75) is 0 Å². The van der Waals surface area contributed by atoms with E-state index in [1.807, 2.05) is 0 Å². The number of carbonyl (C=O) groups is 2. The second kappa shape index (κ2) is 4.09. The first-order valence-corrected chi connectivity index (χ1v) is 5.32. The number of rotatable bonds is 2. The molecule has 0 unspecified atom stereocenters. The SMILES string of the molecule is COc1ccc(N2C(=O)C=CC2=O)cc1Br. The maximum atomic E-state index is 11.4. The van der Waals surface area contributed by atoms with Crippen LogP contribution in [-0.2, 0) is 9.59 Å². The fraction of sp³-hybridized carbons (Fsp3) is 0.0909. The number of hydrogen-bond acceptors (Lipinski definition) is 3. The summed E-state index contributed by atoms with van der Waals surface area (Å²) in [5.41, 5.74) is 0.521. The lowest BCUT2D eigenvalue weighted by atomic mass is 10.3. The molecule has 0 spiro atoms. The Bertz CT molecular complexity index is 478. The minimum absolute atomic E-state index is 0.331. The summed E-state index contributed by atoms with van der Waals surface area (Å²) in [6, 6.07) is 5.02. The van der Waals surface area contributed by atoms with Crippen LogP contribution >= 0.6 is 15.9 Å². The molecule has 5 heteroatoms. The molecule has 0 aromatic heterocycles. The number of imide groups is 1. The molecule has 0 saturated heterocycles. The second-order valence-electron chi connectivity index (χ2n) is 3.16. The van der Waals surface area contributed by atoms with Crippen LogP contribution in [0.3, 0.4) is 0 Å². The smallest absolute Gasteiger partial charge is 0.258 e. The lowest BCUT2D eigenvalue weighted by Crippen LogP contribution is -2.29. The topological polar surface area (TPSA) is 46.6 Å². The summed E-state index contributed by atoms with van der Waals surface area (Å²) >= 11 is 3.30. The van der Waals surface area contributed by atoms with E-state index in [1.54, 1.807) is 25.3 Å². The standard InChI is InChI=1S/C11H8BrNO3/c1-16-9-3-2-7(6-8(9)12)13-10(14)4-5-11(13)15/h2-6H,1H3. The number of nitrogens with zero attached hydrogens (tertiary/aromatic N) is 1. The summed E-state index contributed by atoms with van der Waals surface area (Å²) in [4.78, 5) is 23.9. The van der Waals surface area contributed by atoms with Gasteiger partial charge in [-0.25, -0.2) is 4.90 Å². The number of ether oxygens (including phenoxy) is 1. The normalized spacial score (nSPS) is 14.8. The van der Waals surface area contributed by atoms with Gasteiger partial charge in [0.1, 0.15) is 5.75 Å². The van der Waals surface area contributed by atoms with Crippen molar-refractivity contribution < 1.29 is 14.3 Å². The summed E-state index contributed by atoms with van der Waals surface area (Å²) in [6.45, 7) is 0. The van der Waals surface area contributed by atoms with E-state index in [0.29, 0.717) is 15.9 Å². The van der Waals surface area contributed by atoms with Crippen LogP contribution in [0.25, 0.3) is 0 Å². The van der Waals surface area contributed by atoms with Gasteiger partial charge in [0.2, 0.25) is 0 Å². The highest BCUT2D eigenvalue weighted by Gasteiger charge is 2.25. The number of carbonyl (C=O) groups excluding carboxylic acids is 2. The third kappa shape index (κ3) is 1.74. The molecule has 2 rings (SSSR count). The van der Waals surface area contributed by atoms with Crippen molar-refractivity contribution in [3.05, 3.63) is 34.8 Å². The van der Waals surface area contributed by atoms with Crippen molar-refractivity contribution in [1.82, 2.24) is 0 Å². The minimum atomic E-state index is -0.331. The fourth-order valence-electron chi connectivity index (χ4n) is 1.45. The van der Waals surface area contributed by atoms with Gasteiger partial charge in [-0.3, -0.25) is 9.59 Å². The molecule has 1 heterocycles. The Morgan fingerprint density at radius 1 is 1.19 bits per heavy atom. The maximum Gasteiger partial charge on any atom is 0.258 e. The van der Waals surface area contributed by atoms with Crippen LogP contribution in [-0.4, -0.2) is 18.9 Å². The van der Waals surface area contributed by atoms with Crippen LogP contribution in [0.1, 0.15) is 0 Å². The van der Waals surface area contributed by atoms with Crippen molar-refractivity contribution >= 4 is 33.4 Å². The second-order valence-corrected chi connectivity index (χ2v) is 4.02. The Labute approximate surface area is 101 Å². The highest BCUT2D eigenvalue weighted by molar-refractivity contribution is 9.10. The van der Waals surface area contributed by atoms with E-state index in [4.69, 9.17) is 4.74 Å². The van der Waals surface area contributed by atoms with Gasteiger partial charge < -0.3 is 4.74 Å². The number of halogens is 1. The van der Waals surface area contributed by atoms with Crippen molar-refractivity contribution in [1.29, 1.82) is 0 Å². The molecule has 0 aliphatic carbocycles. The van der Waals surface area contributed by atoms with Gasteiger partial charge in [0.15, 0.2) is 0 Å². The van der Waals surface area contributed by atoms with Crippen molar-refractivity contribution in [2.24, 2.45) is 0 Å². The number of anilines is 1. The van der Waals surface area contributed by atoms with Crippen molar-refractivity contribution in [2.75, 3.05) is 12.0 Å². The molecule has 0 saturated carbocycles. The molecule has 0 atom stereocenters. The van der Waals surface area contributed by atoms with Gasteiger partial charge in [-0.2, -0.15) is 0 Å². The average Bonchev–Trinajstić information content (AvgIpc) is 2.58. The lowest BCUT2D eigenvalue weighted by Gasteiger charge is -2.14. The van der Waals surface area contributed by atoms with Crippen LogP contribution < -0.4 is 9.64 Å². The van der Waals surface area contributed by atoms with E-state index in [0.717, 1.165) is 4.90 Å².